The summed E-state index contributed by atoms with van der Waals surface area (Å²) < 4.78 is 3.25. The summed E-state index contributed by atoms with van der Waals surface area (Å²) in [6, 6.07) is 0. The number of carbonyl (C=O) groups is 2. The van der Waals surface area contributed by atoms with E-state index in [4.69, 9.17) is 10.2 Å². The summed E-state index contributed by atoms with van der Waals surface area (Å²) in [7, 11) is 0. The quantitative estimate of drug-likeness (QED) is 0.0489. The standard InChI is InChI=1S/2C18H36O2.2C4H9.Sn/c2*1-17(2)15-13-11-9-7-5-3-4-6-8-10-12-14-16-18(19)20;2*1-3-4-2;/h2*17H,3-16H2,1-2H3,(H,19,20);2*1,3-4H2,2H3;. The molecule has 0 amide bonds. The summed E-state index contributed by atoms with van der Waals surface area (Å²) in [5, 5.41) is 17.0. The van der Waals surface area contributed by atoms with Crippen molar-refractivity contribution in [2.24, 2.45) is 11.8 Å². The van der Waals surface area contributed by atoms with Gasteiger partial charge in [-0.3, -0.25) is 9.59 Å². The van der Waals surface area contributed by atoms with Crippen molar-refractivity contribution in [3.05, 3.63) is 0 Å². The van der Waals surface area contributed by atoms with E-state index in [0.29, 0.717) is 12.8 Å². The zero-order valence-corrected chi connectivity index (χ0v) is 37.3. The van der Waals surface area contributed by atoms with Crippen LogP contribution in [0.25, 0.3) is 0 Å². The molecule has 49 heavy (non-hydrogen) atoms. The van der Waals surface area contributed by atoms with Crippen molar-refractivity contribution < 1.29 is 19.8 Å². The summed E-state index contributed by atoms with van der Waals surface area (Å²) in [4.78, 5) is 20.7. The topological polar surface area (TPSA) is 74.6 Å². The van der Waals surface area contributed by atoms with Crippen LogP contribution in [-0.2, 0) is 9.59 Å². The molecule has 0 saturated heterocycles. The number of hydrogen-bond donors (Lipinski definition) is 2. The molecule has 0 aromatic rings. The third-order valence-corrected chi connectivity index (χ3v) is 13.3. The maximum absolute atomic E-state index is 10.3. The number of unbranched alkanes of at least 4 members (excludes halogenated alkanes) is 24. The Labute approximate surface area is 319 Å². The van der Waals surface area contributed by atoms with E-state index in [-0.39, 0.29) is 21.1 Å². The van der Waals surface area contributed by atoms with Gasteiger partial charge < -0.3 is 10.2 Å². The van der Waals surface area contributed by atoms with Gasteiger partial charge in [-0.05, 0) is 24.7 Å². The molecule has 0 fully saturated rings. The fourth-order valence-electron chi connectivity index (χ4n) is 5.92. The SMILES string of the molecule is CC(C)CCCCCCCCCCCCCCC(=O)O.CC(C)CCCCCCCCCCCCCCC(=O)O.CCC[CH2][Sn][CH2]CCC. The molecular weight excluding hydrogens is 711 g/mol. The van der Waals surface area contributed by atoms with Gasteiger partial charge in [-0.1, -0.05) is 182 Å². The number of aliphatic carboxylic acids is 2. The number of hydrogen-bond acceptors (Lipinski definition) is 2. The third-order valence-electron chi connectivity index (χ3n) is 9.26. The number of rotatable bonds is 36. The van der Waals surface area contributed by atoms with E-state index in [1.807, 2.05) is 0 Å². The minimum atomic E-state index is -0.654. The van der Waals surface area contributed by atoms with E-state index in [1.165, 1.54) is 167 Å². The Balaban J connectivity index is -0.000000695. The van der Waals surface area contributed by atoms with Crippen molar-refractivity contribution in [3.63, 3.8) is 0 Å². The molecule has 2 N–H and O–H groups in total. The van der Waals surface area contributed by atoms with Gasteiger partial charge in [0.2, 0.25) is 0 Å². The summed E-state index contributed by atoms with van der Waals surface area (Å²) in [6.07, 6.45) is 40.5. The van der Waals surface area contributed by atoms with Crippen LogP contribution >= 0.6 is 0 Å². The molecule has 0 spiro atoms. The molecule has 0 rings (SSSR count). The molecule has 294 valence electrons. The summed E-state index contributed by atoms with van der Waals surface area (Å²) in [5.41, 5.74) is 0. The molecule has 4 nitrogen and oxygen atoms in total. The zero-order chi connectivity index (χ0) is 37.1. The van der Waals surface area contributed by atoms with Gasteiger partial charge in [-0.2, -0.15) is 0 Å². The van der Waals surface area contributed by atoms with Gasteiger partial charge in [-0.25, -0.2) is 0 Å². The van der Waals surface area contributed by atoms with Crippen LogP contribution in [0.1, 0.15) is 247 Å². The molecule has 0 atom stereocenters. The van der Waals surface area contributed by atoms with E-state index in [9.17, 15) is 9.59 Å². The molecule has 0 saturated carbocycles. The molecular formula is C44H90O4Sn. The first-order valence-corrected chi connectivity index (χ1v) is 25.8. The van der Waals surface area contributed by atoms with Gasteiger partial charge >= 0.3 is 81.5 Å². The van der Waals surface area contributed by atoms with Gasteiger partial charge in [-0.15, -0.1) is 0 Å². The second kappa shape index (κ2) is 47.7. The van der Waals surface area contributed by atoms with Crippen molar-refractivity contribution >= 4 is 33.1 Å². The normalized spacial score (nSPS) is 10.9. The molecule has 2 radical (unpaired) electrons. The first-order valence-electron chi connectivity index (χ1n) is 21.8. The van der Waals surface area contributed by atoms with Crippen LogP contribution < -0.4 is 0 Å². The molecule has 0 heterocycles. The Morgan fingerprint density at radius 3 is 0.816 bits per heavy atom. The Morgan fingerprint density at radius 2 is 0.612 bits per heavy atom. The molecule has 0 aromatic carbocycles. The van der Waals surface area contributed by atoms with Crippen LogP contribution in [0.2, 0.25) is 8.87 Å². The van der Waals surface area contributed by atoms with Crippen molar-refractivity contribution in [3.8, 4) is 0 Å². The fraction of sp³-hybridized carbons (Fsp3) is 0.955. The zero-order valence-electron chi connectivity index (χ0n) is 34.4. The molecule has 0 unspecified atom stereocenters. The van der Waals surface area contributed by atoms with Gasteiger partial charge in [0.25, 0.3) is 0 Å². The average Bonchev–Trinajstić information content (AvgIpc) is 3.05. The van der Waals surface area contributed by atoms with E-state index in [1.54, 1.807) is 8.87 Å². The van der Waals surface area contributed by atoms with Crippen molar-refractivity contribution in [2.45, 2.75) is 256 Å². The minimum absolute atomic E-state index is 0.149. The monoisotopic (exact) mass is 803 g/mol. The Hall–Kier alpha value is -0.261. The number of carboxylic acid groups (broad SMARTS) is 2. The summed E-state index contributed by atoms with van der Waals surface area (Å²) >= 11 is 0.149. The molecule has 0 aliphatic rings. The first-order chi connectivity index (χ1) is 23.7. The van der Waals surface area contributed by atoms with Crippen molar-refractivity contribution in [1.29, 1.82) is 0 Å². The number of carboxylic acids is 2. The Morgan fingerprint density at radius 1 is 0.388 bits per heavy atom. The van der Waals surface area contributed by atoms with E-state index in [2.05, 4.69) is 41.5 Å². The van der Waals surface area contributed by atoms with E-state index in [0.717, 1.165) is 37.5 Å². The Bertz CT molecular complexity index is 570. The first kappa shape index (κ1) is 53.1. The van der Waals surface area contributed by atoms with E-state index >= 15 is 0 Å². The van der Waals surface area contributed by atoms with Crippen LogP contribution in [-0.4, -0.2) is 43.3 Å². The second-order valence-corrected chi connectivity index (χ2v) is 19.9. The maximum atomic E-state index is 10.3. The second-order valence-electron chi connectivity index (χ2n) is 15.6. The van der Waals surface area contributed by atoms with Crippen LogP contribution in [0, 0.1) is 11.8 Å². The van der Waals surface area contributed by atoms with E-state index < -0.39 is 11.9 Å². The molecule has 5 heteroatoms. The van der Waals surface area contributed by atoms with Gasteiger partial charge in [0, 0.05) is 12.8 Å². The molecule has 0 aliphatic heterocycles. The third kappa shape index (κ3) is 63.2. The predicted molar refractivity (Wildman–Crippen MR) is 219 cm³/mol. The fourth-order valence-corrected chi connectivity index (χ4v) is 10.1. The van der Waals surface area contributed by atoms with Crippen LogP contribution in [0.4, 0.5) is 0 Å². The van der Waals surface area contributed by atoms with Gasteiger partial charge in [0.1, 0.15) is 0 Å². The van der Waals surface area contributed by atoms with Crippen molar-refractivity contribution in [1.82, 2.24) is 0 Å². The molecule has 0 aliphatic carbocycles. The average molecular weight is 802 g/mol. The molecule has 0 aromatic heterocycles. The summed E-state index contributed by atoms with van der Waals surface area (Å²) in [6.45, 7) is 13.8. The summed E-state index contributed by atoms with van der Waals surface area (Å²) in [5.74, 6) is 0.424. The van der Waals surface area contributed by atoms with Crippen LogP contribution in [0.3, 0.4) is 0 Å². The molecule has 0 bridgehead atoms. The van der Waals surface area contributed by atoms with Crippen LogP contribution in [0.5, 0.6) is 0 Å². The van der Waals surface area contributed by atoms with Crippen LogP contribution in [0.15, 0.2) is 0 Å². The Kier molecular flexibility index (Phi) is 51.7. The van der Waals surface area contributed by atoms with Gasteiger partial charge in [0.05, 0.1) is 0 Å². The van der Waals surface area contributed by atoms with Crippen molar-refractivity contribution in [2.75, 3.05) is 0 Å². The van der Waals surface area contributed by atoms with Gasteiger partial charge in [0.15, 0.2) is 0 Å². The predicted octanol–water partition coefficient (Wildman–Crippen LogP) is 15.5.